The molecule has 0 spiro atoms. The van der Waals surface area contributed by atoms with Crippen molar-refractivity contribution in [2.24, 2.45) is 22.2 Å². The predicted molar refractivity (Wildman–Crippen MR) is 59.7 cm³/mol. The van der Waals surface area contributed by atoms with Gasteiger partial charge in [0.1, 0.15) is 0 Å². The van der Waals surface area contributed by atoms with Crippen molar-refractivity contribution < 1.29 is 0 Å². The second kappa shape index (κ2) is 2.74. The zero-order valence-electron chi connectivity index (χ0n) is 10.5. The van der Waals surface area contributed by atoms with Gasteiger partial charge in [0.25, 0.3) is 0 Å². The molecule has 1 unspecified atom stereocenters. The topological polar surface area (TPSA) is 0 Å². The molecule has 1 fully saturated rings. The summed E-state index contributed by atoms with van der Waals surface area (Å²) in [7, 11) is 0. The van der Waals surface area contributed by atoms with Crippen molar-refractivity contribution >= 4 is 0 Å². The van der Waals surface area contributed by atoms with Crippen LogP contribution in [-0.2, 0) is 0 Å². The summed E-state index contributed by atoms with van der Waals surface area (Å²) in [5.41, 5.74) is 1.63. The van der Waals surface area contributed by atoms with Crippen molar-refractivity contribution in [1.82, 2.24) is 0 Å². The normalized spacial score (nSPS) is 29.8. The summed E-state index contributed by atoms with van der Waals surface area (Å²) >= 11 is 0. The smallest absolute Gasteiger partial charge is 0.0210 e. The van der Waals surface area contributed by atoms with Crippen LogP contribution < -0.4 is 0 Å². The van der Waals surface area contributed by atoms with Crippen molar-refractivity contribution in [3.8, 4) is 0 Å². The van der Waals surface area contributed by atoms with Crippen LogP contribution in [0.4, 0.5) is 0 Å². The number of hydrogen-bond acceptors (Lipinski definition) is 0. The van der Waals surface area contributed by atoms with Gasteiger partial charge in [0.2, 0.25) is 0 Å². The zero-order chi connectivity index (χ0) is 10.5. The molecular formula is C13H26. The minimum atomic E-state index is 0.531. The van der Waals surface area contributed by atoms with E-state index in [1.54, 1.807) is 0 Å². The lowest BCUT2D eigenvalue weighted by Gasteiger charge is -2.19. The SMILES string of the molecule is CCC(C)CC1(C)C(C)(C)C1(C)C. The predicted octanol–water partition coefficient (Wildman–Crippen LogP) is 4.49. The summed E-state index contributed by atoms with van der Waals surface area (Å²) in [6.45, 7) is 16.9. The number of hydrogen-bond donors (Lipinski definition) is 0. The van der Waals surface area contributed by atoms with Crippen molar-refractivity contribution in [1.29, 1.82) is 0 Å². The van der Waals surface area contributed by atoms with E-state index in [2.05, 4.69) is 48.5 Å². The van der Waals surface area contributed by atoms with Gasteiger partial charge in [0.05, 0.1) is 0 Å². The molecule has 1 rings (SSSR count). The maximum Gasteiger partial charge on any atom is -0.0210 e. The lowest BCUT2D eigenvalue weighted by molar-refractivity contribution is 0.305. The Morgan fingerprint density at radius 2 is 1.31 bits per heavy atom. The summed E-state index contributed by atoms with van der Waals surface area (Å²) in [6.07, 6.45) is 2.71. The molecule has 1 atom stereocenters. The second-order valence-electron chi connectivity index (χ2n) is 6.30. The monoisotopic (exact) mass is 182 g/mol. The van der Waals surface area contributed by atoms with Crippen LogP contribution in [-0.4, -0.2) is 0 Å². The van der Waals surface area contributed by atoms with Gasteiger partial charge in [-0.2, -0.15) is 0 Å². The highest BCUT2D eigenvalue weighted by molar-refractivity contribution is 5.21. The van der Waals surface area contributed by atoms with Crippen molar-refractivity contribution in [3.05, 3.63) is 0 Å². The molecule has 0 heterocycles. The Labute approximate surface area is 84.1 Å². The summed E-state index contributed by atoms with van der Waals surface area (Å²) < 4.78 is 0. The molecule has 0 aromatic carbocycles. The third-order valence-corrected chi connectivity index (χ3v) is 5.71. The highest BCUT2D eigenvalue weighted by Crippen LogP contribution is 2.79. The highest BCUT2D eigenvalue weighted by atomic mass is 14.8. The first-order valence-electron chi connectivity index (χ1n) is 5.70. The van der Waals surface area contributed by atoms with Crippen LogP contribution in [0.3, 0.4) is 0 Å². The van der Waals surface area contributed by atoms with E-state index in [9.17, 15) is 0 Å². The lowest BCUT2D eigenvalue weighted by Crippen LogP contribution is -2.10. The largest absolute Gasteiger partial charge is 0.0651 e. The van der Waals surface area contributed by atoms with E-state index < -0.39 is 0 Å². The summed E-state index contributed by atoms with van der Waals surface area (Å²) in [4.78, 5) is 0. The Balaban J connectivity index is 2.72. The van der Waals surface area contributed by atoms with E-state index in [1.807, 2.05) is 0 Å². The van der Waals surface area contributed by atoms with Gasteiger partial charge in [0, 0.05) is 0 Å². The Morgan fingerprint density at radius 1 is 0.923 bits per heavy atom. The first-order valence-corrected chi connectivity index (χ1v) is 5.70. The van der Waals surface area contributed by atoms with Crippen molar-refractivity contribution in [2.75, 3.05) is 0 Å². The molecule has 13 heavy (non-hydrogen) atoms. The molecule has 1 aliphatic rings. The van der Waals surface area contributed by atoms with Gasteiger partial charge in [-0.05, 0) is 28.6 Å². The van der Waals surface area contributed by atoms with Crippen LogP contribution in [0.5, 0.6) is 0 Å². The van der Waals surface area contributed by atoms with E-state index in [0.717, 1.165) is 5.92 Å². The first-order chi connectivity index (χ1) is 5.70. The van der Waals surface area contributed by atoms with E-state index in [0.29, 0.717) is 16.2 Å². The average Bonchev–Trinajstić information content (AvgIpc) is 2.29. The Bertz CT molecular complexity index is 184. The molecule has 78 valence electrons. The minimum Gasteiger partial charge on any atom is -0.0651 e. The Morgan fingerprint density at radius 3 is 1.54 bits per heavy atom. The van der Waals surface area contributed by atoms with E-state index in [4.69, 9.17) is 0 Å². The van der Waals surface area contributed by atoms with Crippen LogP contribution in [0.25, 0.3) is 0 Å². The third kappa shape index (κ3) is 1.17. The van der Waals surface area contributed by atoms with Gasteiger partial charge < -0.3 is 0 Å². The van der Waals surface area contributed by atoms with E-state index >= 15 is 0 Å². The minimum absolute atomic E-state index is 0.531. The number of rotatable bonds is 3. The molecule has 0 bridgehead atoms. The fraction of sp³-hybridized carbons (Fsp3) is 1.00. The van der Waals surface area contributed by atoms with Crippen molar-refractivity contribution in [2.45, 2.75) is 61.3 Å². The molecule has 1 aliphatic carbocycles. The summed E-state index contributed by atoms with van der Waals surface area (Å²) in [6, 6.07) is 0. The van der Waals surface area contributed by atoms with Crippen LogP contribution >= 0.6 is 0 Å². The Hall–Kier alpha value is 0. The average molecular weight is 182 g/mol. The highest BCUT2D eigenvalue weighted by Gasteiger charge is 2.73. The van der Waals surface area contributed by atoms with Gasteiger partial charge in [-0.3, -0.25) is 0 Å². The first kappa shape index (κ1) is 11.1. The molecule has 0 aromatic rings. The van der Waals surface area contributed by atoms with Gasteiger partial charge >= 0.3 is 0 Å². The van der Waals surface area contributed by atoms with Crippen LogP contribution in [0.15, 0.2) is 0 Å². The van der Waals surface area contributed by atoms with Gasteiger partial charge in [-0.1, -0.05) is 54.9 Å². The molecule has 0 radical (unpaired) electrons. The summed E-state index contributed by atoms with van der Waals surface area (Å²) in [5.74, 6) is 0.881. The Kier molecular flexibility index (Phi) is 2.34. The molecule has 0 nitrogen and oxygen atoms in total. The van der Waals surface area contributed by atoms with E-state index in [-0.39, 0.29) is 0 Å². The molecule has 0 saturated heterocycles. The standard InChI is InChI=1S/C13H26/c1-8-10(2)9-13(7)11(3,4)12(13,5)6/h10H,8-9H2,1-7H3. The lowest BCUT2D eigenvalue weighted by atomic mass is 9.85. The molecular weight excluding hydrogens is 156 g/mol. The molecule has 0 aliphatic heterocycles. The molecule has 0 amide bonds. The summed E-state index contributed by atoms with van der Waals surface area (Å²) in [5, 5.41) is 0. The molecule has 1 saturated carbocycles. The maximum atomic E-state index is 2.47. The van der Waals surface area contributed by atoms with Crippen LogP contribution in [0, 0.1) is 22.2 Å². The second-order valence-corrected chi connectivity index (χ2v) is 6.30. The fourth-order valence-corrected chi connectivity index (χ4v) is 3.06. The molecule has 0 heteroatoms. The van der Waals surface area contributed by atoms with Crippen molar-refractivity contribution in [3.63, 3.8) is 0 Å². The fourth-order valence-electron chi connectivity index (χ4n) is 3.06. The van der Waals surface area contributed by atoms with Crippen LogP contribution in [0.2, 0.25) is 0 Å². The van der Waals surface area contributed by atoms with E-state index in [1.165, 1.54) is 12.8 Å². The van der Waals surface area contributed by atoms with Crippen LogP contribution in [0.1, 0.15) is 61.3 Å². The molecule has 0 N–H and O–H groups in total. The van der Waals surface area contributed by atoms with Gasteiger partial charge in [-0.15, -0.1) is 0 Å². The quantitative estimate of drug-likeness (QED) is 0.603. The van der Waals surface area contributed by atoms with Gasteiger partial charge in [-0.25, -0.2) is 0 Å². The molecule has 0 aromatic heterocycles. The third-order valence-electron chi connectivity index (χ3n) is 5.71. The maximum absolute atomic E-state index is 2.47. The van der Waals surface area contributed by atoms with Gasteiger partial charge in [0.15, 0.2) is 0 Å². The zero-order valence-corrected chi connectivity index (χ0v) is 10.5.